The van der Waals surface area contributed by atoms with Crippen LogP contribution in [0.1, 0.15) is 26.3 Å². The van der Waals surface area contributed by atoms with Crippen molar-refractivity contribution in [1.29, 1.82) is 0 Å². The van der Waals surface area contributed by atoms with Crippen molar-refractivity contribution < 1.29 is 18.7 Å². The lowest BCUT2D eigenvalue weighted by Crippen LogP contribution is -2.47. The van der Waals surface area contributed by atoms with E-state index in [0.717, 1.165) is 0 Å². The molecular formula is C14H18BrFN2O3. The van der Waals surface area contributed by atoms with Crippen LogP contribution in [-0.2, 0) is 16.0 Å². The zero-order valence-electron chi connectivity index (χ0n) is 12.1. The third-order valence-corrected chi connectivity index (χ3v) is 2.97. The number of amides is 2. The summed E-state index contributed by atoms with van der Waals surface area (Å²) in [6, 6.07) is 3.40. The second kappa shape index (κ2) is 6.89. The molecule has 0 aliphatic rings. The summed E-state index contributed by atoms with van der Waals surface area (Å²) in [6.45, 7) is 5.08. The maximum absolute atomic E-state index is 13.8. The van der Waals surface area contributed by atoms with Gasteiger partial charge in [0.05, 0.1) is 0 Å². The quantitative estimate of drug-likeness (QED) is 0.865. The fourth-order valence-corrected chi connectivity index (χ4v) is 1.91. The highest BCUT2D eigenvalue weighted by Gasteiger charge is 2.23. The van der Waals surface area contributed by atoms with E-state index in [2.05, 4.69) is 21.2 Å². The molecule has 5 nitrogen and oxygen atoms in total. The number of rotatable bonds is 4. The van der Waals surface area contributed by atoms with Crippen LogP contribution in [0, 0.1) is 5.82 Å². The molecular weight excluding hydrogens is 343 g/mol. The fourth-order valence-electron chi connectivity index (χ4n) is 1.58. The van der Waals surface area contributed by atoms with Crippen molar-refractivity contribution in [3.8, 4) is 0 Å². The summed E-state index contributed by atoms with van der Waals surface area (Å²) in [7, 11) is 0. The Balaban J connectivity index is 2.79. The summed E-state index contributed by atoms with van der Waals surface area (Å²) >= 11 is 3.14. The van der Waals surface area contributed by atoms with Gasteiger partial charge >= 0.3 is 6.09 Å². The summed E-state index contributed by atoms with van der Waals surface area (Å²) in [6.07, 6.45) is -0.822. The van der Waals surface area contributed by atoms with Crippen molar-refractivity contribution in [1.82, 2.24) is 5.32 Å². The number of nitrogens with two attached hydrogens (primary N) is 1. The third-order valence-electron chi connectivity index (χ3n) is 2.47. The molecule has 1 atom stereocenters. The van der Waals surface area contributed by atoms with E-state index in [1.807, 2.05) is 0 Å². The van der Waals surface area contributed by atoms with Gasteiger partial charge in [0.25, 0.3) is 0 Å². The second-order valence-corrected chi connectivity index (χ2v) is 6.46. The number of halogens is 2. The normalized spacial score (nSPS) is 12.6. The smallest absolute Gasteiger partial charge is 0.408 e. The minimum Gasteiger partial charge on any atom is -0.444 e. The lowest BCUT2D eigenvalue weighted by molar-refractivity contribution is -0.120. The molecule has 0 bridgehead atoms. The minimum atomic E-state index is -1.05. The third kappa shape index (κ3) is 6.12. The SMILES string of the molecule is CC(C)(C)OC(=O)NC(Cc1ccc(Br)cc1F)C(N)=O. The highest BCUT2D eigenvalue weighted by molar-refractivity contribution is 9.10. The number of benzene rings is 1. The van der Waals surface area contributed by atoms with Crippen molar-refractivity contribution in [3.05, 3.63) is 34.1 Å². The molecule has 2 amide bonds. The Bertz CT molecular complexity index is 544. The Morgan fingerprint density at radius 2 is 2.05 bits per heavy atom. The van der Waals surface area contributed by atoms with E-state index in [-0.39, 0.29) is 12.0 Å². The summed E-state index contributed by atoms with van der Waals surface area (Å²) in [5.74, 6) is -1.25. The molecule has 0 fully saturated rings. The largest absolute Gasteiger partial charge is 0.444 e. The van der Waals surface area contributed by atoms with Crippen LogP contribution in [-0.4, -0.2) is 23.6 Å². The number of hydrogen-bond acceptors (Lipinski definition) is 3. The molecule has 1 aromatic rings. The van der Waals surface area contributed by atoms with Gasteiger partial charge in [0.1, 0.15) is 17.5 Å². The van der Waals surface area contributed by atoms with Gasteiger partial charge in [-0.05, 0) is 38.5 Å². The van der Waals surface area contributed by atoms with Gasteiger partial charge in [-0.2, -0.15) is 0 Å². The van der Waals surface area contributed by atoms with Gasteiger partial charge in [-0.25, -0.2) is 9.18 Å². The summed E-state index contributed by atoms with van der Waals surface area (Å²) in [4.78, 5) is 23.1. The lowest BCUT2D eigenvalue weighted by atomic mass is 10.1. The topological polar surface area (TPSA) is 81.4 Å². The molecule has 0 aliphatic carbocycles. The Morgan fingerprint density at radius 1 is 1.43 bits per heavy atom. The van der Waals surface area contributed by atoms with Crippen LogP contribution in [0.4, 0.5) is 9.18 Å². The molecule has 0 aliphatic heterocycles. The molecule has 7 heteroatoms. The van der Waals surface area contributed by atoms with Crippen LogP contribution in [0.2, 0.25) is 0 Å². The molecule has 1 aromatic carbocycles. The standard InChI is InChI=1S/C14H18BrFN2O3/c1-14(2,3)21-13(20)18-11(12(17)19)6-8-4-5-9(15)7-10(8)16/h4-5,7,11H,6H2,1-3H3,(H2,17,19)(H,18,20). The number of hydrogen-bond donors (Lipinski definition) is 2. The number of alkyl carbamates (subject to hydrolysis) is 1. The first kappa shape index (κ1) is 17.4. The predicted molar refractivity (Wildman–Crippen MR) is 80.2 cm³/mol. The minimum absolute atomic E-state index is 0.0479. The van der Waals surface area contributed by atoms with Crippen molar-refractivity contribution in [2.75, 3.05) is 0 Å². The zero-order valence-corrected chi connectivity index (χ0v) is 13.7. The van der Waals surface area contributed by atoms with Crippen molar-refractivity contribution in [2.24, 2.45) is 5.73 Å². The molecule has 0 spiro atoms. The predicted octanol–water partition coefficient (Wildman–Crippen LogP) is 2.51. The Hall–Kier alpha value is -1.63. The number of carbonyl (C=O) groups excluding carboxylic acids is 2. The van der Waals surface area contributed by atoms with Crippen LogP contribution in [0.15, 0.2) is 22.7 Å². The van der Waals surface area contributed by atoms with Gasteiger partial charge in [0.15, 0.2) is 0 Å². The van der Waals surface area contributed by atoms with Crippen LogP contribution >= 0.6 is 15.9 Å². The Morgan fingerprint density at radius 3 is 2.52 bits per heavy atom. The van der Waals surface area contributed by atoms with Crippen LogP contribution in [0.5, 0.6) is 0 Å². The number of ether oxygens (including phenoxy) is 1. The van der Waals surface area contributed by atoms with Crippen LogP contribution in [0.25, 0.3) is 0 Å². The first-order valence-corrected chi connectivity index (χ1v) is 7.10. The highest BCUT2D eigenvalue weighted by Crippen LogP contribution is 2.17. The van der Waals surface area contributed by atoms with Gasteiger partial charge in [0, 0.05) is 10.9 Å². The fraction of sp³-hybridized carbons (Fsp3) is 0.429. The van der Waals surface area contributed by atoms with E-state index in [1.165, 1.54) is 12.1 Å². The van der Waals surface area contributed by atoms with E-state index >= 15 is 0 Å². The first-order chi connectivity index (χ1) is 9.58. The van der Waals surface area contributed by atoms with Crippen LogP contribution < -0.4 is 11.1 Å². The first-order valence-electron chi connectivity index (χ1n) is 6.31. The van der Waals surface area contributed by atoms with Gasteiger partial charge in [0.2, 0.25) is 5.91 Å². The van der Waals surface area contributed by atoms with Gasteiger partial charge in [-0.15, -0.1) is 0 Å². The average Bonchev–Trinajstić information content (AvgIpc) is 2.28. The zero-order chi connectivity index (χ0) is 16.2. The van der Waals surface area contributed by atoms with E-state index in [0.29, 0.717) is 4.47 Å². The van der Waals surface area contributed by atoms with Crippen molar-refractivity contribution in [2.45, 2.75) is 38.8 Å². The molecule has 3 N–H and O–H groups in total. The summed E-state index contributed by atoms with van der Waals surface area (Å²) < 4.78 is 19.4. The number of nitrogens with one attached hydrogen (secondary N) is 1. The molecule has 0 radical (unpaired) electrons. The van der Waals surface area contributed by atoms with E-state index in [4.69, 9.17) is 10.5 Å². The van der Waals surface area contributed by atoms with Crippen molar-refractivity contribution in [3.63, 3.8) is 0 Å². The average molecular weight is 361 g/mol. The molecule has 21 heavy (non-hydrogen) atoms. The molecule has 1 rings (SSSR count). The van der Waals surface area contributed by atoms with E-state index in [9.17, 15) is 14.0 Å². The summed E-state index contributed by atoms with van der Waals surface area (Å²) in [5.41, 5.74) is 4.81. The number of carbonyl (C=O) groups is 2. The maximum Gasteiger partial charge on any atom is 0.408 e. The molecule has 0 saturated heterocycles. The Labute approximate surface area is 131 Å². The van der Waals surface area contributed by atoms with E-state index in [1.54, 1.807) is 26.8 Å². The monoisotopic (exact) mass is 360 g/mol. The molecule has 1 unspecified atom stereocenters. The molecule has 0 heterocycles. The van der Waals surface area contributed by atoms with E-state index < -0.39 is 29.5 Å². The lowest BCUT2D eigenvalue weighted by Gasteiger charge is -2.22. The Kier molecular flexibility index (Phi) is 5.71. The summed E-state index contributed by atoms with van der Waals surface area (Å²) in [5, 5.41) is 2.35. The van der Waals surface area contributed by atoms with Gasteiger partial charge in [-0.3, -0.25) is 4.79 Å². The second-order valence-electron chi connectivity index (χ2n) is 5.54. The molecule has 0 saturated carbocycles. The van der Waals surface area contributed by atoms with Crippen molar-refractivity contribution >= 4 is 27.9 Å². The van der Waals surface area contributed by atoms with Gasteiger partial charge < -0.3 is 15.8 Å². The molecule has 116 valence electrons. The van der Waals surface area contributed by atoms with Gasteiger partial charge in [-0.1, -0.05) is 22.0 Å². The molecule has 0 aromatic heterocycles. The number of primary amides is 1. The highest BCUT2D eigenvalue weighted by atomic mass is 79.9. The van der Waals surface area contributed by atoms with Crippen LogP contribution in [0.3, 0.4) is 0 Å². The maximum atomic E-state index is 13.8.